The molecule has 0 unspecified atom stereocenters. The lowest BCUT2D eigenvalue weighted by Gasteiger charge is -2.33. The first kappa shape index (κ1) is 18.8. The zero-order valence-corrected chi connectivity index (χ0v) is 15.1. The summed E-state index contributed by atoms with van der Waals surface area (Å²) < 4.78 is 0. The Labute approximate surface area is 149 Å². The molecule has 6 nitrogen and oxygen atoms in total. The van der Waals surface area contributed by atoms with Gasteiger partial charge in [0, 0.05) is 31.2 Å². The van der Waals surface area contributed by atoms with Crippen molar-refractivity contribution in [2.24, 2.45) is 5.41 Å². The van der Waals surface area contributed by atoms with E-state index in [0.29, 0.717) is 30.8 Å². The number of likely N-dealkylation sites (tertiary alicyclic amines) is 1. The van der Waals surface area contributed by atoms with Crippen LogP contribution in [-0.2, 0) is 0 Å². The molecule has 0 aromatic heterocycles. The van der Waals surface area contributed by atoms with E-state index in [4.69, 9.17) is 5.26 Å². The van der Waals surface area contributed by atoms with Crippen LogP contribution in [0.15, 0.2) is 24.3 Å². The van der Waals surface area contributed by atoms with Crippen LogP contribution in [0.2, 0.25) is 0 Å². The Hall–Kier alpha value is -2.55. The molecule has 1 aromatic carbocycles. The van der Waals surface area contributed by atoms with Crippen molar-refractivity contribution in [1.82, 2.24) is 15.5 Å². The number of benzene rings is 1. The second-order valence-electron chi connectivity index (χ2n) is 7.65. The third kappa shape index (κ3) is 5.79. The smallest absolute Gasteiger partial charge is 0.317 e. The summed E-state index contributed by atoms with van der Waals surface area (Å²) in [6.07, 6.45) is 1.46. The molecule has 0 bridgehead atoms. The fourth-order valence-corrected chi connectivity index (χ4v) is 2.68. The van der Waals surface area contributed by atoms with Gasteiger partial charge in [0.2, 0.25) is 0 Å². The Balaban J connectivity index is 1.81. The van der Waals surface area contributed by atoms with Gasteiger partial charge in [-0.15, -0.1) is 0 Å². The maximum absolute atomic E-state index is 12.3. The molecular weight excluding hydrogens is 316 g/mol. The lowest BCUT2D eigenvalue weighted by molar-refractivity contribution is 0.0917. The van der Waals surface area contributed by atoms with E-state index in [-0.39, 0.29) is 23.4 Å². The van der Waals surface area contributed by atoms with Crippen LogP contribution in [0.3, 0.4) is 0 Å². The van der Waals surface area contributed by atoms with Crippen molar-refractivity contribution in [1.29, 1.82) is 5.26 Å². The molecule has 2 rings (SSSR count). The van der Waals surface area contributed by atoms with Crippen LogP contribution in [0.1, 0.15) is 49.5 Å². The van der Waals surface area contributed by atoms with E-state index in [1.165, 1.54) is 0 Å². The minimum atomic E-state index is -0.173. The monoisotopic (exact) mass is 342 g/mol. The van der Waals surface area contributed by atoms with Crippen LogP contribution in [-0.4, -0.2) is 42.5 Å². The predicted molar refractivity (Wildman–Crippen MR) is 96.1 cm³/mol. The molecule has 0 aliphatic carbocycles. The molecule has 0 radical (unpaired) electrons. The zero-order valence-electron chi connectivity index (χ0n) is 15.1. The van der Waals surface area contributed by atoms with Crippen molar-refractivity contribution in [3.05, 3.63) is 35.4 Å². The first-order chi connectivity index (χ1) is 11.8. The fourth-order valence-electron chi connectivity index (χ4n) is 2.68. The third-order valence-electron chi connectivity index (χ3n) is 4.14. The van der Waals surface area contributed by atoms with Crippen LogP contribution in [0, 0.1) is 16.7 Å². The van der Waals surface area contributed by atoms with E-state index >= 15 is 0 Å². The van der Waals surface area contributed by atoms with Crippen LogP contribution in [0.5, 0.6) is 0 Å². The summed E-state index contributed by atoms with van der Waals surface area (Å²) in [5.41, 5.74) is 1.02. The van der Waals surface area contributed by atoms with Gasteiger partial charge in [-0.05, 0) is 36.5 Å². The summed E-state index contributed by atoms with van der Waals surface area (Å²) in [4.78, 5) is 26.3. The van der Waals surface area contributed by atoms with Crippen LogP contribution >= 0.6 is 0 Å². The molecule has 0 spiro atoms. The van der Waals surface area contributed by atoms with Gasteiger partial charge in [0.25, 0.3) is 5.91 Å². The van der Waals surface area contributed by atoms with Gasteiger partial charge in [0.15, 0.2) is 0 Å². The normalized spacial score (nSPS) is 15.4. The summed E-state index contributed by atoms with van der Waals surface area (Å²) in [5, 5.41) is 14.9. The molecule has 3 amide bonds. The van der Waals surface area contributed by atoms with Crippen molar-refractivity contribution >= 4 is 11.9 Å². The largest absolute Gasteiger partial charge is 0.349 e. The van der Waals surface area contributed by atoms with Gasteiger partial charge in [-0.2, -0.15) is 5.26 Å². The first-order valence-corrected chi connectivity index (χ1v) is 8.62. The minimum absolute atomic E-state index is 0.0403. The maximum atomic E-state index is 12.3. The minimum Gasteiger partial charge on any atom is -0.349 e. The number of nitriles is 1. The molecule has 25 heavy (non-hydrogen) atoms. The Kier molecular flexibility index (Phi) is 6.02. The van der Waals surface area contributed by atoms with Crippen molar-refractivity contribution < 1.29 is 9.59 Å². The number of piperidine rings is 1. The van der Waals surface area contributed by atoms with Gasteiger partial charge in [-0.1, -0.05) is 26.8 Å². The Morgan fingerprint density at radius 3 is 2.56 bits per heavy atom. The standard InChI is InChI=1S/C19H26N4O2/c1-19(2,3)13-21-18(25)23-9-7-16(8-10-23)22-17(24)15-6-4-5-14(11-15)12-20/h4-6,11,16H,7-10,13H2,1-3H3,(H,21,25)(H,22,24). The van der Waals surface area contributed by atoms with Crippen LogP contribution in [0.4, 0.5) is 4.79 Å². The molecule has 1 aliphatic rings. The molecule has 1 fully saturated rings. The van der Waals surface area contributed by atoms with Crippen molar-refractivity contribution in [3.8, 4) is 6.07 Å². The van der Waals surface area contributed by atoms with Gasteiger partial charge in [-0.25, -0.2) is 4.79 Å². The first-order valence-electron chi connectivity index (χ1n) is 8.62. The number of carbonyl (C=O) groups excluding carboxylic acids is 2. The Morgan fingerprint density at radius 2 is 1.96 bits per heavy atom. The molecule has 1 saturated heterocycles. The highest BCUT2D eigenvalue weighted by atomic mass is 16.2. The second-order valence-corrected chi connectivity index (χ2v) is 7.65. The molecule has 0 atom stereocenters. The average molecular weight is 342 g/mol. The zero-order chi connectivity index (χ0) is 18.4. The van der Waals surface area contributed by atoms with Gasteiger partial charge in [-0.3, -0.25) is 4.79 Å². The van der Waals surface area contributed by atoms with E-state index in [9.17, 15) is 9.59 Å². The number of nitrogens with one attached hydrogen (secondary N) is 2. The van der Waals surface area contributed by atoms with Gasteiger partial charge >= 0.3 is 6.03 Å². The summed E-state index contributed by atoms with van der Waals surface area (Å²) in [6.45, 7) is 8.12. The van der Waals surface area contributed by atoms with E-state index in [1.807, 2.05) is 6.07 Å². The van der Waals surface area contributed by atoms with E-state index < -0.39 is 0 Å². The number of rotatable bonds is 3. The van der Waals surface area contributed by atoms with Crippen LogP contribution in [0.25, 0.3) is 0 Å². The molecule has 1 heterocycles. The van der Waals surface area contributed by atoms with Crippen LogP contribution < -0.4 is 10.6 Å². The lowest BCUT2D eigenvalue weighted by Crippen LogP contribution is -2.50. The number of hydrogen-bond donors (Lipinski definition) is 2. The maximum Gasteiger partial charge on any atom is 0.317 e. The highest BCUT2D eigenvalue weighted by Gasteiger charge is 2.24. The molecule has 1 aromatic rings. The number of urea groups is 1. The number of nitrogens with zero attached hydrogens (tertiary/aromatic N) is 2. The topological polar surface area (TPSA) is 85.2 Å². The SMILES string of the molecule is CC(C)(C)CNC(=O)N1CCC(NC(=O)c2cccc(C#N)c2)CC1. The van der Waals surface area contributed by atoms with E-state index in [1.54, 1.807) is 29.2 Å². The average Bonchev–Trinajstić information content (AvgIpc) is 2.59. The predicted octanol–water partition coefficient (Wildman–Crippen LogP) is 2.51. The van der Waals surface area contributed by atoms with Gasteiger partial charge in [0.05, 0.1) is 11.6 Å². The highest BCUT2D eigenvalue weighted by molar-refractivity contribution is 5.94. The van der Waals surface area contributed by atoms with Crippen molar-refractivity contribution in [3.63, 3.8) is 0 Å². The number of carbonyl (C=O) groups is 2. The quantitative estimate of drug-likeness (QED) is 0.885. The number of amides is 3. The Morgan fingerprint density at radius 1 is 1.28 bits per heavy atom. The van der Waals surface area contributed by atoms with E-state index in [2.05, 4.69) is 31.4 Å². The fraction of sp³-hybridized carbons (Fsp3) is 0.526. The van der Waals surface area contributed by atoms with E-state index in [0.717, 1.165) is 12.8 Å². The molecule has 0 saturated carbocycles. The second kappa shape index (κ2) is 8.02. The molecular formula is C19H26N4O2. The lowest BCUT2D eigenvalue weighted by atomic mass is 9.97. The molecule has 1 aliphatic heterocycles. The van der Waals surface area contributed by atoms with Gasteiger partial charge in [0.1, 0.15) is 0 Å². The highest BCUT2D eigenvalue weighted by Crippen LogP contribution is 2.14. The van der Waals surface area contributed by atoms with Crippen molar-refractivity contribution in [2.45, 2.75) is 39.7 Å². The summed E-state index contributed by atoms with van der Waals surface area (Å²) >= 11 is 0. The Bertz CT molecular complexity index is 665. The van der Waals surface area contributed by atoms with Gasteiger partial charge < -0.3 is 15.5 Å². The summed E-state index contributed by atoms with van der Waals surface area (Å²) in [5.74, 6) is -0.173. The van der Waals surface area contributed by atoms with Crippen molar-refractivity contribution in [2.75, 3.05) is 19.6 Å². The molecule has 6 heteroatoms. The third-order valence-corrected chi connectivity index (χ3v) is 4.14. The summed E-state index contributed by atoms with van der Waals surface area (Å²) in [7, 11) is 0. The molecule has 2 N–H and O–H groups in total. The summed E-state index contributed by atoms with van der Waals surface area (Å²) in [6, 6.07) is 8.70. The number of hydrogen-bond acceptors (Lipinski definition) is 3. The molecule has 134 valence electrons.